The van der Waals surface area contributed by atoms with Crippen molar-refractivity contribution >= 4 is 40.7 Å². The number of non-ortho nitro benzene ring substituents is 1. The summed E-state index contributed by atoms with van der Waals surface area (Å²) in [6.07, 6.45) is 1.75. The van der Waals surface area contributed by atoms with E-state index in [1.54, 1.807) is 61.5 Å². The maximum atomic E-state index is 13.7. The van der Waals surface area contributed by atoms with Gasteiger partial charge < -0.3 is 9.47 Å². The van der Waals surface area contributed by atoms with Crippen molar-refractivity contribution in [2.45, 2.75) is 19.6 Å². The van der Waals surface area contributed by atoms with Crippen molar-refractivity contribution in [2.75, 3.05) is 7.11 Å². The maximum Gasteiger partial charge on any atom is 0.338 e. The van der Waals surface area contributed by atoms with E-state index in [0.29, 0.717) is 31.4 Å². The smallest absolute Gasteiger partial charge is 0.338 e. The Hall–Kier alpha value is -4.54. The zero-order valence-electron chi connectivity index (χ0n) is 21.4. The Balaban J connectivity index is 1.49. The molecule has 0 saturated heterocycles. The van der Waals surface area contributed by atoms with E-state index in [0.717, 1.165) is 11.1 Å². The molecular formula is C29H22ClN3O6S. The number of nitrogens with zero attached hydrogens (tertiary/aromatic N) is 3. The number of thiazole rings is 1. The number of carbonyl (C=O) groups is 1. The van der Waals surface area contributed by atoms with Crippen LogP contribution in [0.15, 0.2) is 93.9 Å². The van der Waals surface area contributed by atoms with Crippen LogP contribution in [0.4, 0.5) is 5.69 Å². The third kappa shape index (κ3) is 5.45. The Morgan fingerprint density at radius 2 is 1.88 bits per heavy atom. The van der Waals surface area contributed by atoms with Gasteiger partial charge in [-0.15, -0.1) is 0 Å². The first-order chi connectivity index (χ1) is 19.2. The lowest BCUT2D eigenvalue weighted by atomic mass is 9.96. The normalized spacial score (nSPS) is 14.9. The van der Waals surface area contributed by atoms with Gasteiger partial charge >= 0.3 is 5.97 Å². The van der Waals surface area contributed by atoms with Crippen LogP contribution in [0.1, 0.15) is 29.7 Å². The molecule has 40 heavy (non-hydrogen) atoms. The largest absolute Gasteiger partial charge is 0.489 e. The summed E-state index contributed by atoms with van der Waals surface area (Å²) >= 11 is 7.31. The van der Waals surface area contributed by atoms with Gasteiger partial charge in [0.15, 0.2) is 4.80 Å². The first kappa shape index (κ1) is 27.0. The monoisotopic (exact) mass is 575 g/mol. The van der Waals surface area contributed by atoms with E-state index in [2.05, 4.69) is 4.99 Å². The van der Waals surface area contributed by atoms with Crippen LogP contribution >= 0.6 is 22.9 Å². The number of halogens is 1. The molecule has 202 valence electrons. The summed E-state index contributed by atoms with van der Waals surface area (Å²) in [6.45, 7) is 1.94. The van der Waals surface area contributed by atoms with Gasteiger partial charge in [0.1, 0.15) is 12.4 Å². The number of methoxy groups -OCH3 is 1. The summed E-state index contributed by atoms with van der Waals surface area (Å²) in [6, 6.07) is 19.6. The third-order valence-electron chi connectivity index (χ3n) is 6.32. The van der Waals surface area contributed by atoms with Gasteiger partial charge in [-0.25, -0.2) is 9.79 Å². The molecule has 1 aliphatic rings. The van der Waals surface area contributed by atoms with Gasteiger partial charge in [-0.3, -0.25) is 19.5 Å². The van der Waals surface area contributed by atoms with Crippen molar-refractivity contribution in [3.63, 3.8) is 0 Å². The minimum Gasteiger partial charge on any atom is -0.489 e. The highest BCUT2D eigenvalue weighted by atomic mass is 35.5. The fraction of sp³-hybridized carbons (Fsp3) is 0.138. The van der Waals surface area contributed by atoms with Crippen LogP contribution in [0.3, 0.4) is 0 Å². The summed E-state index contributed by atoms with van der Waals surface area (Å²) in [5.74, 6) is 0.0103. The SMILES string of the molecule is COC(=O)C1=C(C)N=c2s/c(=C\c3cccc(OCc4ccc([N+](=O)[O-])cc4)c3)c(=O)n2[C@H]1c1ccc(Cl)cc1. The average molecular weight is 576 g/mol. The van der Waals surface area contributed by atoms with E-state index in [-0.39, 0.29) is 23.4 Å². The molecule has 0 saturated carbocycles. The van der Waals surface area contributed by atoms with Crippen LogP contribution in [0.5, 0.6) is 5.75 Å². The Morgan fingerprint density at radius 3 is 2.55 bits per heavy atom. The average Bonchev–Trinajstić information content (AvgIpc) is 3.25. The molecule has 1 atom stereocenters. The standard InChI is InChI=1S/C29H22ClN3O6S/c1-17-25(28(35)38-2)26(20-8-10-21(30)11-9-20)32-27(34)24(40-29(32)31-17)15-19-4-3-5-23(14-19)39-16-18-6-12-22(13-7-18)33(36)37/h3-15,26H,16H2,1-2H3/b24-15-/t26-/m0/s1. The highest BCUT2D eigenvalue weighted by Gasteiger charge is 2.33. The number of nitro groups is 1. The predicted octanol–water partition coefficient (Wildman–Crippen LogP) is 4.55. The molecule has 0 fully saturated rings. The number of hydrogen-bond donors (Lipinski definition) is 0. The lowest BCUT2D eigenvalue weighted by molar-refractivity contribution is -0.384. The van der Waals surface area contributed by atoms with Gasteiger partial charge in [-0.2, -0.15) is 0 Å². The summed E-state index contributed by atoms with van der Waals surface area (Å²) in [4.78, 5) is 41.9. The van der Waals surface area contributed by atoms with Gasteiger partial charge in [0.25, 0.3) is 11.2 Å². The number of carbonyl (C=O) groups excluding carboxylic acids is 1. The number of hydrogen-bond acceptors (Lipinski definition) is 8. The number of rotatable bonds is 7. The molecule has 9 nitrogen and oxygen atoms in total. The van der Waals surface area contributed by atoms with Crippen LogP contribution in [0.2, 0.25) is 5.02 Å². The molecule has 4 aromatic rings. The molecule has 5 rings (SSSR count). The lowest BCUT2D eigenvalue weighted by Crippen LogP contribution is -2.39. The van der Waals surface area contributed by atoms with Crippen LogP contribution in [0, 0.1) is 10.1 Å². The summed E-state index contributed by atoms with van der Waals surface area (Å²) in [7, 11) is 1.29. The lowest BCUT2D eigenvalue weighted by Gasteiger charge is -2.24. The predicted molar refractivity (Wildman–Crippen MR) is 151 cm³/mol. The Kier molecular flexibility index (Phi) is 7.63. The number of allylic oxidation sites excluding steroid dienone is 1. The van der Waals surface area contributed by atoms with E-state index in [9.17, 15) is 19.7 Å². The van der Waals surface area contributed by atoms with Gasteiger partial charge in [-0.1, -0.05) is 47.2 Å². The van der Waals surface area contributed by atoms with Crippen molar-refractivity contribution in [3.8, 4) is 5.75 Å². The molecule has 0 aliphatic carbocycles. The second-order valence-corrected chi connectivity index (χ2v) is 10.4. The second-order valence-electron chi connectivity index (χ2n) is 8.91. The topological polar surface area (TPSA) is 113 Å². The molecule has 2 heterocycles. The zero-order valence-corrected chi connectivity index (χ0v) is 22.9. The third-order valence-corrected chi connectivity index (χ3v) is 7.56. The van der Waals surface area contributed by atoms with Gasteiger partial charge in [0, 0.05) is 17.2 Å². The van der Waals surface area contributed by atoms with Crippen molar-refractivity contribution in [1.29, 1.82) is 0 Å². The molecule has 1 aliphatic heterocycles. The Labute approximate surface area is 237 Å². The van der Waals surface area contributed by atoms with Crippen LogP contribution < -0.4 is 19.6 Å². The van der Waals surface area contributed by atoms with Crippen LogP contribution in [-0.2, 0) is 16.1 Å². The van der Waals surface area contributed by atoms with Crippen molar-refractivity contribution in [2.24, 2.45) is 4.99 Å². The first-order valence-electron chi connectivity index (χ1n) is 12.1. The highest BCUT2D eigenvalue weighted by molar-refractivity contribution is 7.07. The first-order valence-corrected chi connectivity index (χ1v) is 13.3. The van der Waals surface area contributed by atoms with E-state index in [1.165, 1.54) is 35.1 Å². The Morgan fingerprint density at radius 1 is 1.15 bits per heavy atom. The van der Waals surface area contributed by atoms with Crippen molar-refractivity contribution in [1.82, 2.24) is 4.57 Å². The number of esters is 1. The molecule has 0 unspecified atom stereocenters. The fourth-order valence-corrected chi connectivity index (χ4v) is 5.55. The van der Waals surface area contributed by atoms with Crippen molar-refractivity contribution < 1.29 is 19.2 Å². The molecule has 0 radical (unpaired) electrons. The molecule has 0 spiro atoms. The van der Waals surface area contributed by atoms with Crippen LogP contribution in [0.25, 0.3) is 6.08 Å². The molecule has 0 amide bonds. The molecule has 3 aromatic carbocycles. The number of ether oxygens (including phenoxy) is 2. The van der Waals surface area contributed by atoms with Gasteiger partial charge in [0.05, 0.1) is 33.9 Å². The van der Waals surface area contributed by atoms with Gasteiger partial charge in [-0.05, 0) is 66.1 Å². The van der Waals surface area contributed by atoms with E-state index in [4.69, 9.17) is 21.1 Å². The van der Waals surface area contributed by atoms with Crippen LogP contribution in [-0.4, -0.2) is 22.6 Å². The second kappa shape index (κ2) is 11.3. The van der Waals surface area contributed by atoms with E-state index >= 15 is 0 Å². The molecule has 0 N–H and O–H groups in total. The number of nitro benzene ring substituents is 1. The van der Waals surface area contributed by atoms with E-state index in [1.807, 2.05) is 12.1 Å². The minimum atomic E-state index is -0.723. The number of aromatic nitrogens is 1. The van der Waals surface area contributed by atoms with E-state index < -0.39 is 16.9 Å². The number of benzene rings is 3. The molecular weight excluding hydrogens is 554 g/mol. The fourth-order valence-electron chi connectivity index (χ4n) is 4.38. The summed E-state index contributed by atoms with van der Waals surface area (Å²) in [5.41, 5.74) is 2.69. The summed E-state index contributed by atoms with van der Waals surface area (Å²) in [5, 5.41) is 11.4. The quantitative estimate of drug-likeness (QED) is 0.181. The Bertz CT molecular complexity index is 1830. The molecule has 0 bridgehead atoms. The highest BCUT2D eigenvalue weighted by Crippen LogP contribution is 2.31. The zero-order chi connectivity index (χ0) is 28.4. The molecule has 11 heteroatoms. The van der Waals surface area contributed by atoms with Gasteiger partial charge in [0.2, 0.25) is 0 Å². The molecule has 1 aromatic heterocycles. The minimum absolute atomic E-state index is 0.0133. The number of fused-ring (bicyclic) bond motifs is 1. The van der Waals surface area contributed by atoms with Crippen molar-refractivity contribution in [3.05, 3.63) is 136 Å². The maximum absolute atomic E-state index is 13.7. The summed E-state index contributed by atoms with van der Waals surface area (Å²) < 4.78 is 12.8.